The molecule has 0 fully saturated rings. The molecule has 106 valence electrons. The third-order valence-electron chi connectivity index (χ3n) is 3.36. The van der Waals surface area contributed by atoms with Gasteiger partial charge < -0.3 is 16.3 Å². The lowest BCUT2D eigenvalue weighted by molar-refractivity contribution is 0.314. The number of nitrogens with two attached hydrogens (primary N) is 1. The summed E-state index contributed by atoms with van der Waals surface area (Å²) >= 11 is 0. The Kier molecular flexibility index (Phi) is 4.90. The molecule has 0 aliphatic carbocycles. The minimum absolute atomic E-state index is 0.0191. The van der Waals surface area contributed by atoms with Crippen molar-refractivity contribution in [1.29, 1.82) is 0 Å². The van der Waals surface area contributed by atoms with Crippen LogP contribution in [-0.2, 0) is 6.42 Å². The first kappa shape index (κ1) is 14.3. The average Bonchev–Trinajstić information content (AvgIpc) is 2.50. The Hall–Kier alpha value is -2.14. The van der Waals surface area contributed by atoms with Crippen molar-refractivity contribution < 1.29 is 5.21 Å². The zero-order valence-corrected chi connectivity index (χ0v) is 11.6. The average molecular weight is 272 g/mol. The molecular weight excluding hydrogens is 252 g/mol. The third-order valence-corrected chi connectivity index (χ3v) is 3.36. The topological polar surface area (TPSA) is 83.5 Å². The lowest BCUT2D eigenvalue weighted by Gasteiger charge is -2.11. The lowest BCUT2D eigenvalue weighted by Crippen LogP contribution is -2.32. The molecule has 0 spiro atoms. The van der Waals surface area contributed by atoms with Gasteiger partial charge in [-0.15, -0.1) is 0 Å². The van der Waals surface area contributed by atoms with Crippen LogP contribution in [0.4, 0.5) is 0 Å². The van der Waals surface area contributed by atoms with Crippen LogP contribution in [0, 0.1) is 5.92 Å². The number of pyridine rings is 1. The van der Waals surface area contributed by atoms with Gasteiger partial charge in [-0.3, -0.25) is 4.98 Å². The Labute approximate surface area is 118 Å². The van der Waals surface area contributed by atoms with Gasteiger partial charge in [0.15, 0.2) is 0 Å². The number of rotatable bonds is 6. The van der Waals surface area contributed by atoms with Crippen LogP contribution in [0.3, 0.4) is 0 Å². The Bertz CT molecular complexity index is 592. The fourth-order valence-corrected chi connectivity index (χ4v) is 2.11. The Morgan fingerprint density at radius 1 is 1.40 bits per heavy atom. The normalized spacial score (nSPS) is 13.6. The summed E-state index contributed by atoms with van der Waals surface area (Å²) in [5.74, 6) is 0.273. The van der Waals surface area contributed by atoms with E-state index in [0.29, 0.717) is 6.54 Å². The van der Waals surface area contributed by atoms with Gasteiger partial charge in [0.05, 0.1) is 5.52 Å². The van der Waals surface area contributed by atoms with Gasteiger partial charge in [0.25, 0.3) is 0 Å². The van der Waals surface area contributed by atoms with Gasteiger partial charge in [-0.25, -0.2) is 0 Å². The van der Waals surface area contributed by atoms with E-state index in [2.05, 4.69) is 39.7 Å². The second kappa shape index (κ2) is 6.86. The second-order valence-corrected chi connectivity index (χ2v) is 4.87. The Balaban J connectivity index is 1.90. The Morgan fingerprint density at radius 2 is 2.20 bits per heavy atom. The van der Waals surface area contributed by atoms with Gasteiger partial charge in [-0.05, 0) is 24.6 Å². The quantitative estimate of drug-likeness (QED) is 0.246. The van der Waals surface area contributed by atoms with Gasteiger partial charge in [-0.2, -0.15) is 0 Å². The number of nitrogens with one attached hydrogen (secondary N) is 1. The maximum Gasteiger partial charge on any atom is 0.143 e. The van der Waals surface area contributed by atoms with Gasteiger partial charge in [0.1, 0.15) is 5.84 Å². The molecule has 0 amide bonds. The van der Waals surface area contributed by atoms with Crippen LogP contribution in [0.5, 0.6) is 0 Å². The molecule has 2 rings (SSSR count). The molecule has 1 aromatic heterocycles. The van der Waals surface area contributed by atoms with Gasteiger partial charge in [0.2, 0.25) is 0 Å². The SMILES string of the molecule is CC(CNCCc1cccc2cccnc12)/C(N)=N/O. The van der Waals surface area contributed by atoms with E-state index >= 15 is 0 Å². The largest absolute Gasteiger partial charge is 0.409 e. The zero-order chi connectivity index (χ0) is 14.4. The highest BCUT2D eigenvalue weighted by Crippen LogP contribution is 2.15. The van der Waals surface area contributed by atoms with Crippen LogP contribution < -0.4 is 11.1 Å². The first-order chi connectivity index (χ1) is 9.72. The van der Waals surface area contributed by atoms with E-state index in [0.717, 1.165) is 23.9 Å². The van der Waals surface area contributed by atoms with E-state index in [4.69, 9.17) is 10.9 Å². The highest BCUT2D eigenvalue weighted by Gasteiger charge is 2.07. The summed E-state index contributed by atoms with van der Waals surface area (Å²) in [6.07, 6.45) is 2.72. The molecule has 1 atom stereocenters. The zero-order valence-electron chi connectivity index (χ0n) is 11.6. The van der Waals surface area contributed by atoms with Gasteiger partial charge in [0, 0.05) is 24.0 Å². The molecule has 2 aromatic rings. The van der Waals surface area contributed by atoms with Crippen LogP contribution in [0.1, 0.15) is 12.5 Å². The van der Waals surface area contributed by atoms with Gasteiger partial charge >= 0.3 is 0 Å². The molecule has 20 heavy (non-hydrogen) atoms. The van der Waals surface area contributed by atoms with E-state index in [9.17, 15) is 0 Å². The molecule has 4 N–H and O–H groups in total. The van der Waals surface area contributed by atoms with Crippen molar-refractivity contribution in [3.8, 4) is 0 Å². The number of hydrogen-bond donors (Lipinski definition) is 3. The number of oxime groups is 1. The summed E-state index contributed by atoms with van der Waals surface area (Å²) in [5.41, 5.74) is 7.82. The molecule has 0 saturated heterocycles. The predicted octanol–water partition coefficient (Wildman–Crippen LogP) is 1.75. The van der Waals surface area contributed by atoms with Crippen molar-refractivity contribution in [3.63, 3.8) is 0 Å². The Morgan fingerprint density at radius 3 is 3.00 bits per heavy atom. The molecule has 1 unspecified atom stereocenters. The van der Waals surface area contributed by atoms with E-state index < -0.39 is 0 Å². The summed E-state index contributed by atoms with van der Waals surface area (Å²) in [7, 11) is 0. The summed E-state index contributed by atoms with van der Waals surface area (Å²) in [6, 6.07) is 10.2. The van der Waals surface area contributed by atoms with Crippen molar-refractivity contribution in [2.45, 2.75) is 13.3 Å². The fraction of sp³-hybridized carbons (Fsp3) is 0.333. The minimum atomic E-state index is 0.0191. The van der Waals surface area contributed by atoms with Crippen molar-refractivity contribution in [3.05, 3.63) is 42.1 Å². The molecule has 0 saturated carbocycles. The van der Waals surface area contributed by atoms with Crippen LogP contribution in [0.2, 0.25) is 0 Å². The van der Waals surface area contributed by atoms with Gasteiger partial charge in [-0.1, -0.05) is 36.3 Å². The molecule has 0 radical (unpaired) electrons. The predicted molar refractivity (Wildman–Crippen MR) is 80.9 cm³/mol. The maximum atomic E-state index is 8.59. The van der Waals surface area contributed by atoms with Crippen molar-refractivity contribution in [2.75, 3.05) is 13.1 Å². The summed E-state index contributed by atoms with van der Waals surface area (Å²) < 4.78 is 0. The van der Waals surface area contributed by atoms with Crippen molar-refractivity contribution in [1.82, 2.24) is 10.3 Å². The number of para-hydroxylation sites is 1. The lowest BCUT2D eigenvalue weighted by atomic mass is 10.1. The molecule has 5 nitrogen and oxygen atoms in total. The van der Waals surface area contributed by atoms with E-state index in [-0.39, 0.29) is 11.8 Å². The number of aromatic nitrogens is 1. The van der Waals surface area contributed by atoms with Crippen LogP contribution in [-0.4, -0.2) is 29.1 Å². The monoisotopic (exact) mass is 272 g/mol. The first-order valence-corrected chi connectivity index (χ1v) is 6.73. The summed E-state index contributed by atoms with van der Waals surface area (Å²) in [6.45, 7) is 3.44. The van der Waals surface area contributed by atoms with E-state index in [1.165, 1.54) is 5.56 Å². The van der Waals surface area contributed by atoms with Crippen molar-refractivity contribution >= 4 is 16.7 Å². The first-order valence-electron chi connectivity index (χ1n) is 6.73. The number of amidine groups is 1. The van der Waals surface area contributed by atoms with E-state index in [1.54, 1.807) is 0 Å². The number of fused-ring (bicyclic) bond motifs is 1. The summed E-state index contributed by atoms with van der Waals surface area (Å²) in [5, 5.41) is 16.1. The third kappa shape index (κ3) is 3.45. The van der Waals surface area contributed by atoms with Crippen molar-refractivity contribution in [2.24, 2.45) is 16.8 Å². The smallest absolute Gasteiger partial charge is 0.143 e. The maximum absolute atomic E-state index is 8.59. The molecule has 5 heteroatoms. The highest BCUT2D eigenvalue weighted by molar-refractivity contribution is 5.82. The van der Waals surface area contributed by atoms with Crippen LogP contribution >= 0.6 is 0 Å². The highest BCUT2D eigenvalue weighted by atomic mass is 16.4. The number of hydrogen-bond acceptors (Lipinski definition) is 4. The molecule has 0 aliphatic heterocycles. The molecule has 1 heterocycles. The van der Waals surface area contributed by atoms with E-state index in [1.807, 2.05) is 19.2 Å². The number of benzene rings is 1. The second-order valence-electron chi connectivity index (χ2n) is 4.87. The van der Waals surface area contributed by atoms with Crippen LogP contribution in [0.25, 0.3) is 10.9 Å². The molecule has 0 aliphatic rings. The molecular formula is C15H20N4O. The molecule has 0 bridgehead atoms. The number of nitrogens with zero attached hydrogens (tertiary/aromatic N) is 2. The van der Waals surface area contributed by atoms with Crippen LogP contribution in [0.15, 0.2) is 41.7 Å². The minimum Gasteiger partial charge on any atom is -0.409 e. The standard InChI is InChI=1S/C15H20N4O/c1-11(15(16)19-20)10-17-9-7-13-5-2-4-12-6-3-8-18-14(12)13/h2-6,8,11,17,20H,7,9-10H2,1H3,(H2,16,19). The molecule has 1 aromatic carbocycles. The fourth-order valence-electron chi connectivity index (χ4n) is 2.11. The summed E-state index contributed by atoms with van der Waals surface area (Å²) in [4.78, 5) is 4.44.